The number of hydrogen-bond donors (Lipinski definition) is 0. The van der Waals surface area contributed by atoms with Crippen LogP contribution < -0.4 is 0 Å². The number of nitrogens with zero attached hydrogens (tertiary/aromatic N) is 2. The van der Waals surface area contributed by atoms with Gasteiger partial charge >= 0.3 is 0 Å². The van der Waals surface area contributed by atoms with Gasteiger partial charge in [-0.1, -0.05) is 0 Å². The van der Waals surface area contributed by atoms with Crippen LogP contribution in [0.4, 0.5) is 0 Å². The lowest BCUT2D eigenvalue weighted by Crippen LogP contribution is -2.26. The molecule has 0 saturated carbocycles. The summed E-state index contributed by atoms with van der Waals surface area (Å²) in [7, 11) is 1.74. The summed E-state index contributed by atoms with van der Waals surface area (Å²) in [5, 5.41) is 2.89. The fraction of sp³-hybridized carbons (Fsp3) is 0.467. The molecule has 21 heavy (non-hydrogen) atoms. The van der Waals surface area contributed by atoms with Gasteiger partial charge in [-0.15, -0.1) is 11.3 Å². The van der Waals surface area contributed by atoms with E-state index in [0.29, 0.717) is 18.9 Å². The van der Waals surface area contributed by atoms with Gasteiger partial charge in [0.25, 0.3) is 5.91 Å². The van der Waals surface area contributed by atoms with E-state index in [-0.39, 0.29) is 12.0 Å². The smallest absolute Gasteiger partial charge is 0.289 e. The van der Waals surface area contributed by atoms with Crippen LogP contribution in [0, 0.1) is 6.92 Å². The first-order valence-electron chi connectivity index (χ1n) is 6.89. The van der Waals surface area contributed by atoms with Crippen LogP contribution >= 0.6 is 11.3 Å². The van der Waals surface area contributed by atoms with Crippen LogP contribution in [0.15, 0.2) is 21.9 Å². The Bertz CT molecular complexity index is 606. The van der Waals surface area contributed by atoms with Crippen molar-refractivity contribution in [2.24, 2.45) is 0 Å². The van der Waals surface area contributed by atoms with Crippen molar-refractivity contribution in [3.63, 3.8) is 0 Å². The van der Waals surface area contributed by atoms with Crippen molar-refractivity contribution in [1.29, 1.82) is 0 Å². The van der Waals surface area contributed by atoms with Crippen LogP contribution in [0.2, 0.25) is 0 Å². The minimum Gasteiger partial charge on any atom is -0.456 e. The van der Waals surface area contributed by atoms with Gasteiger partial charge in [-0.3, -0.25) is 4.79 Å². The van der Waals surface area contributed by atoms with Crippen molar-refractivity contribution in [1.82, 2.24) is 9.88 Å². The summed E-state index contributed by atoms with van der Waals surface area (Å²) in [5.41, 5.74) is 0.862. The van der Waals surface area contributed by atoms with Crippen molar-refractivity contribution in [2.75, 3.05) is 13.7 Å². The third kappa shape index (κ3) is 3.92. The van der Waals surface area contributed by atoms with Crippen LogP contribution in [0.3, 0.4) is 0 Å². The van der Waals surface area contributed by atoms with Crippen LogP contribution in [0.5, 0.6) is 0 Å². The van der Waals surface area contributed by atoms with E-state index in [9.17, 15) is 4.79 Å². The lowest BCUT2D eigenvalue weighted by atomic mass is 10.3. The highest BCUT2D eigenvalue weighted by atomic mass is 32.1. The van der Waals surface area contributed by atoms with Crippen LogP contribution in [-0.4, -0.2) is 29.4 Å². The van der Waals surface area contributed by atoms with E-state index in [1.807, 2.05) is 26.2 Å². The highest BCUT2D eigenvalue weighted by Gasteiger charge is 2.17. The minimum atomic E-state index is -0.143. The van der Waals surface area contributed by atoms with E-state index in [4.69, 9.17) is 9.15 Å². The second-order valence-corrected chi connectivity index (χ2v) is 5.74. The number of carbonyl (C=O) groups excluding carboxylic acids is 1. The van der Waals surface area contributed by atoms with Crippen LogP contribution in [0.25, 0.3) is 0 Å². The van der Waals surface area contributed by atoms with Gasteiger partial charge in [-0.05, 0) is 32.9 Å². The second-order valence-electron chi connectivity index (χ2n) is 4.85. The normalized spacial score (nSPS) is 12.4. The summed E-state index contributed by atoms with van der Waals surface area (Å²) in [4.78, 5) is 18.3. The predicted molar refractivity (Wildman–Crippen MR) is 81.4 cm³/mol. The van der Waals surface area contributed by atoms with E-state index in [1.165, 1.54) is 0 Å². The average molecular weight is 308 g/mol. The van der Waals surface area contributed by atoms with Crippen molar-refractivity contribution >= 4 is 17.2 Å². The zero-order valence-corrected chi connectivity index (χ0v) is 13.6. The highest BCUT2D eigenvalue weighted by molar-refractivity contribution is 7.09. The maximum Gasteiger partial charge on any atom is 0.289 e. The summed E-state index contributed by atoms with van der Waals surface area (Å²) < 4.78 is 10.9. The Morgan fingerprint density at radius 1 is 1.52 bits per heavy atom. The van der Waals surface area contributed by atoms with Gasteiger partial charge in [0.15, 0.2) is 5.76 Å². The summed E-state index contributed by atoms with van der Waals surface area (Å²) in [5.74, 6) is 0.942. The molecule has 2 aromatic rings. The molecule has 2 rings (SSSR count). The number of thiazole rings is 1. The molecule has 0 aliphatic rings. The molecule has 0 aliphatic carbocycles. The molecule has 0 unspecified atom stereocenters. The molecular formula is C15H20N2O3S. The third-order valence-electron chi connectivity index (χ3n) is 3.03. The Morgan fingerprint density at radius 2 is 2.29 bits per heavy atom. The molecule has 5 nitrogen and oxygen atoms in total. The molecular weight excluding hydrogens is 288 g/mol. The zero-order chi connectivity index (χ0) is 15.4. The lowest BCUT2D eigenvalue weighted by molar-refractivity contribution is 0.0742. The largest absolute Gasteiger partial charge is 0.456 e. The van der Waals surface area contributed by atoms with Crippen molar-refractivity contribution in [3.05, 3.63) is 39.7 Å². The lowest BCUT2D eigenvalue weighted by Gasteiger charge is -2.14. The van der Waals surface area contributed by atoms with Crippen LogP contribution in [-0.2, 0) is 11.3 Å². The van der Waals surface area contributed by atoms with E-state index in [1.54, 1.807) is 35.4 Å². The Balaban J connectivity index is 1.99. The summed E-state index contributed by atoms with van der Waals surface area (Å²) in [6, 6.07) is 3.48. The molecule has 0 spiro atoms. The second kappa shape index (κ2) is 6.87. The van der Waals surface area contributed by atoms with Crippen molar-refractivity contribution < 1.29 is 13.9 Å². The molecule has 1 amide bonds. The minimum absolute atomic E-state index is 0.0116. The van der Waals surface area contributed by atoms with E-state index in [2.05, 4.69) is 4.98 Å². The third-order valence-corrected chi connectivity index (χ3v) is 4.09. The Labute approximate surface area is 128 Å². The molecule has 0 aliphatic heterocycles. The standard InChI is InChI=1S/C15H20N2O3S/c1-5-19-11(3)14-16-12(9-21-14)8-17(4)15(18)13-7-6-10(2)20-13/h6-7,9,11H,5,8H2,1-4H3/t11-/m0/s1. The molecule has 0 radical (unpaired) electrons. The number of aryl methyl sites for hydroxylation is 1. The summed E-state index contributed by atoms with van der Waals surface area (Å²) in [6.45, 7) is 6.87. The molecule has 2 aromatic heterocycles. The molecule has 0 aromatic carbocycles. The number of ether oxygens (including phenoxy) is 1. The quantitative estimate of drug-likeness (QED) is 0.820. The number of furan rings is 1. The Morgan fingerprint density at radius 3 is 2.90 bits per heavy atom. The van der Waals surface area contributed by atoms with E-state index in [0.717, 1.165) is 16.5 Å². The first-order chi connectivity index (χ1) is 10.0. The molecule has 2 heterocycles. The molecule has 0 N–H and O–H groups in total. The number of carbonyl (C=O) groups is 1. The first kappa shape index (κ1) is 15.7. The topological polar surface area (TPSA) is 55.6 Å². The number of rotatable bonds is 6. The van der Waals surface area contributed by atoms with E-state index < -0.39 is 0 Å². The van der Waals surface area contributed by atoms with Gasteiger partial charge in [-0.25, -0.2) is 4.98 Å². The molecule has 1 atom stereocenters. The van der Waals surface area contributed by atoms with Crippen molar-refractivity contribution in [2.45, 2.75) is 33.4 Å². The number of hydrogen-bond acceptors (Lipinski definition) is 5. The maximum atomic E-state index is 12.2. The zero-order valence-electron chi connectivity index (χ0n) is 12.8. The Hall–Kier alpha value is -1.66. The average Bonchev–Trinajstić information content (AvgIpc) is 3.07. The van der Waals surface area contributed by atoms with Gasteiger partial charge in [0, 0.05) is 19.0 Å². The Kier molecular flexibility index (Phi) is 5.14. The molecule has 0 saturated heterocycles. The summed E-state index contributed by atoms with van der Waals surface area (Å²) >= 11 is 1.55. The predicted octanol–water partition coefficient (Wildman–Crippen LogP) is 3.41. The molecule has 114 valence electrons. The SMILES string of the molecule is CCO[C@@H](C)c1nc(CN(C)C(=O)c2ccc(C)o2)cs1. The summed E-state index contributed by atoms with van der Waals surface area (Å²) in [6.07, 6.45) is -0.0116. The van der Waals surface area contributed by atoms with Gasteiger partial charge in [0.05, 0.1) is 12.2 Å². The maximum absolute atomic E-state index is 12.2. The van der Waals surface area contributed by atoms with Gasteiger partial charge < -0.3 is 14.1 Å². The number of amides is 1. The fourth-order valence-corrected chi connectivity index (χ4v) is 2.77. The van der Waals surface area contributed by atoms with E-state index >= 15 is 0 Å². The number of aromatic nitrogens is 1. The molecule has 0 bridgehead atoms. The molecule has 6 heteroatoms. The molecule has 0 fully saturated rings. The van der Waals surface area contributed by atoms with Gasteiger partial charge in [0.2, 0.25) is 0 Å². The van der Waals surface area contributed by atoms with Crippen LogP contribution in [0.1, 0.15) is 47.0 Å². The monoisotopic (exact) mass is 308 g/mol. The fourth-order valence-electron chi connectivity index (χ4n) is 1.96. The first-order valence-corrected chi connectivity index (χ1v) is 7.77. The van der Waals surface area contributed by atoms with Gasteiger partial charge in [0.1, 0.15) is 16.9 Å². The van der Waals surface area contributed by atoms with Crippen molar-refractivity contribution in [3.8, 4) is 0 Å². The van der Waals surface area contributed by atoms with Gasteiger partial charge in [-0.2, -0.15) is 0 Å². The highest BCUT2D eigenvalue weighted by Crippen LogP contribution is 2.22.